The summed E-state index contributed by atoms with van der Waals surface area (Å²) in [7, 11) is -3.46. The number of aromatic amines is 1. The third kappa shape index (κ3) is 3.81. The molecule has 1 unspecified atom stereocenters. The molecule has 2 N–H and O–H groups in total. The minimum absolute atomic E-state index is 0.0835. The summed E-state index contributed by atoms with van der Waals surface area (Å²) in [6.07, 6.45) is 2.91. The molecule has 0 aliphatic rings. The molecule has 0 aliphatic heterocycles. The Bertz CT molecular complexity index is 377. The summed E-state index contributed by atoms with van der Waals surface area (Å²) in [5.41, 5.74) is 0. The zero-order chi connectivity index (χ0) is 11.3. The van der Waals surface area contributed by atoms with Crippen LogP contribution < -0.4 is 4.72 Å². The van der Waals surface area contributed by atoms with Crippen molar-refractivity contribution in [3.63, 3.8) is 0 Å². The number of halogens is 1. The number of aromatic nitrogens is 2. The summed E-state index contributed by atoms with van der Waals surface area (Å²) in [6.45, 7) is 1.81. The molecule has 0 saturated heterocycles. The minimum atomic E-state index is -3.46. The largest absolute Gasteiger partial charge is 0.266 e. The first-order valence-electron chi connectivity index (χ1n) is 4.64. The van der Waals surface area contributed by atoms with E-state index in [0.29, 0.717) is 5.88 Å². The monoisotopic (exact) mass is 251 g/mol. The standard InChI is InChI=1S/C8H14ClN3O2S/c1-7(3-2-5-9)12-15(13,14)8-4-6-10-11-8/h4,6-7,12H,2-3,5H2,1H3,(H,10,11). The van der Waals surface area contributed by atoms with Crippen molar-refractivity contribution in [2.45, 2.75) is 30.8 Å². The molecule has 1 heterocycles. The first-order valence-corrected chi connectivity index (χ1v) is 6.65. The molecule has 0 aromatic carbocycles. The lowest BCUT2D eigenvalue weighted by atomic mass is 10.2. The summed E-state index contributed by atoms with van der Waals surface area (Å²) in [5, 5.41) is 6.09. The van der Waals surface area contributed by atoms with Crippen LogP contribution in [-0.4, -0.2) is 30.5 Å². The first kappa shape index (κ1) is 12.5. The molecular formula is C8H14ClN3O2S. The fourth-order valence-electron chi connectivity index (χ4n) is 1.16. The Kier molecular flexibility index (Phi) is 4.56. The Morgan fingerprint density at radius 2 is 2.40 bits per heavy atom. The van der Waals surface area contributed by atoms with Gasteiger partial charge in [-0.1, -0.05) is 0 Å². The molecule has 15 heavy (non-hydrogen) atoms. The van der Waals surface area contributed by atoms with Crippen LogP contribution in [0.4, 0.5) is 0 Å². The van der Waals surface area contributed by atoms with Gasteiger partial charge in [-0.15, -0.1) is 11.6 Å². The molecule has 1 aromatic heterocycles. The number of H-pyrrole nitrogens is 1. The van der Waals surface area contributed by atoms with E-state index in [-0.39, 0.29) is 11.1 Å². The lowest BCUT2D eigenvalue weighted by Crippen LogP contribution is -2.32. The molecule has 1 rings (SSSR count). The van der Waals surface area contributed by atoms with E-state index in [4.69, 9.17) is 11.6 Å². The molecule has 0 spiro atoms. The second-order valence-corrected chi connectivity index (χ2v) is 5.33. The maximum atomic E-state index is 11.7. The topological polar surface area (TPSA) is 74.8 Å². The van der Waals surface area contributed by atoms with Crippen LogP contribution in [0.2, 0.25) is 0 Å². The number of sulfonamides is 1. The highest BCUT2D eigenvalue weighted by molar-refractivity contribution is 7.89. The predicted octanol–water partition coefficient (Wildman–Crippen LogP) is 1.10. The van der Waals surface area contributed by atoms with Crippen LogP contribution in [0.25, 0.3) is 0 Å². The number of hydrogen-bond donors (Lipinski definition) is 2. The smallest absolute Gasteiger partial charge is 0.257 e. The summed E-state index contributed by atoms with van der Waals surface area (Å²) < 4.78 is 25.8. The second-order valence-electron chi connectivity index (χ2n) is 3.27. The number of nitrogens with one attached hydrogen (secondary N) is 2. The zero-order valence-electron chi connectivity index (χ0n) is 8.40. The normalized spacial score (nSPS) is 14.0. The van der Waals surface area contributed by atoms with Gasteiger partial charge >= 0.3 is 0 Å². The molecule has 1 aromatic rings. The van der Waals surface area contributed by atoms with Crippen molar-refractivity contribution in [3.05, 3.63) is 12.3 Å². The van der Waals surface area contributed by atoms with E-state index < -0.39 is 10.0 Å². The summed E-state index contributed by atoms with van der Waals surface area (Å²) >= 11 is 5.52. The molecule has 0 aliphatic carbocycles. The highest BCUT2D eigenvalue weighted by atomic mass is 35.5. The Labute approximate surface area is 94.3 Å². The second kappa shape index (κ2) is 5.48. The highest BCUT2D eigenvalue weighted by Gasteiger charge is 2.17. The van der Waals surface area contributed by atoms with Gasteiger partial charge in [0.15, 0.2) is 5.03 Å². The van der Waals surface area contributed by atoms with Crippen LogP contribution >= 0.6 is 11.6 Å². The van der Waals surface area contributed by atoms with Crippen molar-refractivity contribution in [1.82, 2.24) is 14.9 Å². The van der Waals surface area contributed by atoms with E-state index in [9.17, 15) is 8.42 Å². The molecule has 0 radical (unpaired) electrons. The van der Waals surface area contributed by atoms with Gasteiger partial charge in [0.1, 0.15) is 0 Å². The van der Waals surface area contributed by atoms with Gasteiger partial charge in [0, 0.05) is 11.9 Å². The van der Waals surface area contributed by atoms with E-state index in [0.717, 1.165) is 12.8 Å². The molecule has 0 amide bonds. The Hall–Kier alpha value is -0.590. The van der Waals surface area contributed by atoms with Crippen molar-refractivity contribution in [1.29, 1.82) is 0 Å². The van der Waals surface area contributed by atoms with Gasteiger partial charge in [-0.05, 0) is 25.8 Å². The molecule has 0 saturated carbocycles. The van der Waals surface area contributed by atoms with E-state index in [1.807, 2.05) is 0 Å². The lowest BCUT2D eigenvalue weighted by molar-refractivity contribution is 0.541. The van der Waals surface area contributed by atoms with Crippen LogP contribution in [0.3, 0.4) is 0 Å². The highest BCUT2D eigenvalue weighted by Crippen LogP contribution is 2.06. The van der Waals surface area contributed by atoms with Crippen molar-refractivity contribution >= 4 is 21.6 Å². The van der Waals surface area contributed by atoms with Crippen LogP contribution in [-0.2, 0) is 10.0 Å². The van der Waals surface area contributed by atoms with E-state index in [2.05, 4.69) is 14.9 Å². The quantitative estimate of drug-likeness (QED) is 0.744. The van der Waals surface area contributed by atoms with Gasteiger partial charge in [-0.25, -0.2) is 13.1 Å². The van der Waals surface area contributed by atoms with Crippen LogP contribution in [0.1, 0.15) is 19.8 Å². The van der Waals surface area contributed by atoms with E-state index in [1.54, 1.807) is 6.92 Å². The molecule has 5 nitrogen and oxygen atoms in total. The van der Waals surface area contributed by atoms with E-state index in [1.165, 1.54) is 12.3 Å². The summed E-state index contributed by atoms with van der Waals surface area (Å²) in [4.78, 5) is 0. The summed E-state index contributed by atoms with van der Waals surface area (Å²) in [5.74, 6) is 0.538. The average Bonchev–Trinajstić information content (AvgIpc) is 2.67. The number of nitrogens with zero attached hydrogens (tertiary/aromatic N) is 1. The number of alkyl halides is 1. The van der Waals surface area contributed by atoms with Gasteiger partial charge in [-0.2, -0.15) is 5.10 Å². The third-order valence-electron chi connectivity index (χ3n) is 1.89. The predicted molar refractivity (Wildman–Crippen MR) is 58.3 cm³/mol. The van der Waals surface area contributed by atoms with Crippen LogP contribution in [0.15, 0.2) is 17.3 Å². The molecule has 86 valence electrons. The Morgan fingerprint density at radius 3 is 2.93 bits per heavy atom. The number of hydrogen-bond acceptors (Lipinski definition) is 3. The molecular weight excluding hydrogens is 238 g/mol. The zero-order valence-corrected chi connectivity index (χ0v) is 9.98. The van der Waals surface area contributed by atoms with Gasteiger partial charge in [0.25, 0.3) is 10.0 Å². The van der Waals surface area contributed by atoms with Crippen molar-refractivity contribution in [2.75, 3.05) is 5.88 Å². The van der Waals surface area contributed by atoms with Crippen LogP contribution in [0.5, 0.6) is 0 Å². The van der Waals surface area contributed by atoms with Gasteiger partial charge < -0.3 is 0 Å². The summed E-state index contributed by atoms with van der Waals surface area (Å²) in [6, 6.07) is 1.29. The number of rotatable bonds is 6. The van der Waals surface area contributed by atoms with Gasteiger partial charge in [-0.3, -0.25) is 5.10 Å². The van der Waals surface area contributed by atoms with Crippen molar-refractivity contribution in [3.8, 4) is 0 Å². The van der Waals surface area contributed by atoms with Crippen molar-refractivity contribution in [2.24, 2.45) is 0 Å². The fraction of sp³-hybridized carbons (Fsp3) is 0.625. The van der Waals surface area contributed by atoms with Crippen molar-refractivity contribution < 1.29 is 8.42 Å². The van der Waals surface area contributed by atoms with Gasteiger partial charge in [0.05, 0.1) is 6.20 Å². The van der Waals surface area contributed by atoms with E-state index >= 15 is 0 Å². The third-order valence-corrected chi connectivity index (χ3v) is 3.68. The Morgan fingerprint density at radius 1 is 1.67 bits per heavy atom. The SMILES string of the molecule is CC(CCCCl)NS(=O)(=O)c1ccn[nH]1. The molecule has 1 atom stereocenters. The van der Waals surface area contributed by atoms with Gasteiger partial charge in [0.2, 0.25) is 0 Å². The minimum Gasteiger partial charge on any atom is -0.266 e. The van der Waals surface area contributed by atoms with Crippen LogP contribution in [0, 0.1) is 0 Å². The first-order chi connectivity index (χ1) is 7.06. The molecule has 7 heteroatoms. The lowest BCUT2D eigenvalue weighted by Gasteiger charge is -2.11. The maximum Gasteiger partial charge on any atom is 0.257 e. The fourth-order valence-corrected chi connectivity index (χ4v) is 2.51. The molecule has 0 bridgehead atoms. The maximum absolute atomic E-state index is 11.7. The Balaban J connectivity index is 2.57. The average molecular weight is 252 g/mol. The molecule has 0 fully saturated rings.